The minimum absolute atomic E-state index is 0.477. The van der Waals surface area contributed by atoms with Gasteiger partial charge in [-0.3, -0.25) is 0 Å². The molecule has 130 valence electrons. The van der Waals surface area contributed by atoms with Crippen molar-refractivity contribution in [3.8, 4) is 0 Å². The highest BCUT2D eigenvalue weighted by molar-refractivity contribution is 5.79. The van der Waals surface area contributed by atoms with Crippen molar-refractivity contribution < 1.29 is 4.42 Å². The molecule has 2 atom stereocenters. The second kappa shape index (κ2) is 8.94. The molecule has 0 aromatic carbocycles. The summed E-state index contributed by atoms with van der Waals surface area (Å²) < 4.78 is 5.58. The number of aryl methyl sites for hydroxylation is 2. The Labute approximate surface area is 140 Å². The van der Waals surface area contributed by atoms with Gasteiger partial charge < -0.3 is 15.1 Å². The Kier molecular flexibility index (Phi) is 6.93. The summed E-state index contributed by atoms with van der Waals surface area (Å²) in [7, 11) is 0. The van der Waals surface area contributed by atoms with E-state index in [1.807, 2.05) is 13.8 Å². The third-order valence-electron chi connectivity index (χ3n) is 4.68. The van der Waals surface area contributed by atoms with E-state index < -0.39 is 0 Å². The maximum absolute atomic E-state index is 5.58. The molecule has 0 saturated heterocycles. The van der Waals surface area contributed by atoms with Crippen molar-refractivity contribution in [1.29, 1.82) is 0 Å². The van der Waals surface area contributed by atoms with Gasteiger partial charge in [0.15, 0.2) is 5.96 Å². The first kappa shape index (κ1) is 17.8. The highest BCUT2D eigenvalue weighted by Gasteiger charge is 2.18. The van der Waals surface area contributed by atoms with Crippen molar-refractivity contribution in [2.24, 2.45) is 16.8 Å². The Hall–Kier alpha value is -1.52. The molecule has 0 spiro atoms. The molecule has 0 aliphatic heterocycles. The second-order valence-corrected chi connectivity index (χ2v) is 6.80. The van der Waals surface area contributed by atoms with Crippen molar-refractivity contribution in [3.63, 3.8) is 0 Å². The van der Waals surface area contributed by atoms with Crippen LogP contribution in [0.1, 0.15) is 63.3 Å². The van der Waals surface area contributed by atoms with Crippen LogP contribution in [0.2, 0.25) is 0 Å². The van der Waals surface area contributed by atoms with Crippen LogP contribution in [0.3, 0.4) is 0 Å². The van der Waals surface area contributed by atoms with Gasteiger partial charge in [-0.25, -0.2) is 9.98 Å². The van der Waals surface area contributed by atoms with Gasteiger partial charge in [-0.05, 0) is 45.4 Å². The first-order valence-electron chi connectivity index (χ1n) is 9.03. The summed E-state index contributed by atoms with van der Waals surface area (Å²) in [4.78, 5) is 8.95. The molecule has 1 fully saturated rings. The number of guanidine groups is 1. The number of aromatic nitrogens is 1. The van der Waals surface area contributed by atoms with Crippen LogP contribution in [0.4, 0.5) is 0 Å². The Morgan fingerprint density at radius 2 is 2.13 bits per heavy atom. The van der Waals surface area contributed by atoms with Gasteiger partial charge in [0.2, 0.25) is 5.89 Å². The second-order valence-electron chi connectivity index (χ2n) is 6.80. The minimum atomic E-state index is 0.477. The fourth-order valence-corrected chi connectivity index (χ4v) is 3.31. The number of aliphatic imine (C=N–C) groups is 1. The number of nitrogens with one attached hydrogen (secondary N) is 2. The van der Waals surface area contributed by atoms with Gasteiger partial charge in [-0.2, -0.15) is 0 Å². The molecule has 0 bridgehead atoms. The summed E-state index contributed by atoms with van der Waals surface area (Å²) in [6.45, 7) is 10.7. The van der Waals surface area contributed by atoms with E-state index in [4.69, 9.17) is 4.42 Å². The van der Waals surface area contributed by atoms with Crippen molar-refractivity contribution in [3.05, 3.63) is 17.3 Å². The number of oxazole rings is 1. The summed E-state index contributed by atoms with van der Waals surface area (Å²) in [6, 6.07) is 0. The summed E-state index contributed by atoms with van der Waals surface area (Å²) in [5, 5.41) is 6.73. The number of nitrogens with zero attached hydrogens (tertiary/aromatic N) is 2. The molecule has 0 radical (unpaired) electrons. The third-order valence-corrected chi connectivity index (χ3v) is 4.68. The summed E-state index contributed by atoms with van der Waals surface area (Å²) in [5.74, 6) is 4.17. The lowest BCUT2D eigenvalue weighted by atomic mass is 9.81. The number of rotatable bonds is 6. The average Bonchev–Trinajstić information content (AvgIpc) is 2.83. The number of hydrogen-bond donors (Lipinski definition) is 2. The monoisotopic (exact) mass is 320 g/mol. The quantitative estimate of drug-likeness (QED) is 0.621. The summed E-state index contributed by atoms with van der Waals surface area (Å²) in [6.07, 6.45) is 6.79. The zero-order chi connectivity index (χ0) is 16.7. The minimum Gasteiger partial charge on any atom is -0.444 e. The fourth-order valence-electron chi connectivity index (χ4n) is 3.31. The molecule has 2 rings (SSSR count). The van der Waals surface area contributed by atoms with Gasteiger partial charge in [-0.15, -0.1) is 0 Å². The maximum Gasteiger partial charge on any atom is 0.216 e. The van der Waals surface area contributed by atoms with Crippen molar-refractivity contribution >= 4 is 5.96 Å². The van der Waals surface area contributed by atoms with E-state index in [0.29, 0.717) is 12.4 Å². The standard InChI is InChI=1S/C18H32N4O/c1-5-19-18(21-12-17-22-14(3)15(4)23-17)20-10-9-16-8-6-7-13(2)11-16/h13,16H,5-12H2,1-4H3,(H2,19,20,21). The van der Waals surface area contributed by atoms with Gasteiger partial charge in [0.1, 0.15) is 12.3 Å². The van der Waals surface area contributed by atoms with E-state index in [2.05, 4.69) is 34.5 Å². The Balaban J connectivity index is 1.79. The highest BCUT2D eigenvalue weighted by Crippen LogP contribution is 2.30. The normalized spacial score (nSPS) is 22.2. The Morgan fingerprint density at radius 3 is 2.78 bits per heavy atom. The van der Waals surface area contributed by atoms with Crippen molar-refractivity contribution in [2.45, 2.75) is 66.3 Å². The molecule has 1 heterocycles. The lowest BCUT2D eigenvalue weighted by molar-refractivity contribution is 0.270. The molecule has 0 amide bonds. The van der Waals surface area contributed by atoms with Crippen LogP contribution in [0.15, 0.2) is 9.41 Å². The van der Waals surface area contributed by atoms with Gasteiger partial charge >= 0.3 is 0 Å². The summed E-state index contributed by atoms with van der Waals surface area (Å²) in [5.41, 5.74) is 0.944. The average molecular weight is 320 g/mol. The Morgan fingerprint density at radius 1 is 1.30 bits per heavy atom. The molecule has 1 aromatic rings. The molecule has 23 heavy (non-hydrogen) atoms. The van der Waals surface area contributed by atoms with Crippen LogP contribution < -0.4 is 10.6 Å². The van der Waals surface area contributed by atoms with Crippen LogP contribution in [0, 0.1) is 25.7 Å². The van der Waals surface area contributed by atoms with E-state index >= 15 is 0 Å². The molecule has 1 saturated carbocycles. The Bertz CT molecular complexity index is 490. The van der Waals surface area contributed by atoms with E-state index in [0.717, 1.165) is 42.3 Å². The van der Waals surface area contributed by atoms with Gasteiger partial charge in [0.05, 0.1) is 5.69 Å². The van der Waals surface area contributed by atoms with Crippen molar-refractivity contribution in [2.75, 3.05) is 13.1 Å². The van der Waals surface area contributed by atoms with E-state index in [9.17, 15) is 0 Å². The van der Waals surface area contributed by atoms with Crippen LogP contribution in [-0.4, -0.2) is 24.0 Å². The lowest BCUT2D eigenvalue weighted by Gasteiger charge is -2.26. The highest BCUT2D eigenvalue weighted by atomic mass is 16.4. The SMILES string of the molecule is CCNC(=NCc1nc(C)c(C)o1)NCCC1CCCC(C)C1. The van der Waals surface area contributed by atoms with E-state index in [1.54, 1.807) is 0 Å². The van der Waals surface area contributed by atoms with Gasteiger partial charge in [-0.1, -0.05) is 26.2 Å². The molecule has 1 aliphatic rings. The summed E-state index contributed by atoms with van der Waals surface area (Å²) >= 11 is 0. The smallest absolute Gasteiger partial charge is 0.216 e. The first-order chi connectivity index (χ1) is 11.1. The van der Waals surface area contributed by atoms with Crippen LogP contribution in [0.5, 0.6) is 0 Å². The topological polar surface area (TPSA) is 62.5 Å². The molecular formula is C18H32N4O. The fraction of sp³-hybridized carbons (Fsp3) is 0.778. The zero-order valence-electron chi connectivity index (χ0n) is 15.1. The predicted octanol–water partition coefficient (Wildman–Crippen LogP) is 3.56. The third kappa shape index (κ3) is 5.88. The van der Waals surface area contributed by atoms with Crippen molar-refractivity contribution in [1.82, 2.24) is 15.6 Å². The molecule has 2 unspecified atom stereocenters. The van der Waals surface area contributed by atoms with Crippen LogP contribution in [0.25, 0.3) is 0 Å². The molecule has 2 N–H and O–H groups in total. The van der Waals surface area contributed by atoms with Gasteiger partial charge in [0, 0.05) is 13.1 Å². The largest absolute Gasteiger partial charge is 0.444 e. The lowest BCUT2D eigenvalue weighted by Crippen LogP contribution is -2.38. The van der Waals surface area contributed by atoms with Gasteiger partial charge in [0.25, 0.3) is 0 Å². The molecule has 1 aliphatic carbocycles. The maximum atomic E-state index is 5.58. The molecule has 1 aromatic heterocycles. The molecule has 5 nitrogen and oxygen atoms in total. The number of hydrogen-bond acceptors (Lipinski definition) is 3. The predicted molar refractivity (Wildman–Crippen MR) is 94.5 cm³/mol. The van der Waals surface area contributed by atoms with E-state index in [1.165, 1.54) is 32.1 Å². The van der Waals surface area contributed by atoms with Crippen LogP contribution >= 0.6 is 0 Å². The zero-order valence-corrected chi connectivity index (χ0v) is 15.1. The molecule has 5 heteroatoms. The first-order valence-corrected chi connectivity index (χ1v) is 9.03. The van der Waals surface area contributed by atoms with Crippen LogP contribution in [-0.2, 0) is 6.54 Å². The molecular weight excluding hydrogens is 288 g/mol. The van der Waals surface area contributed by atoms with E-state index in [-0.39, 0.29) is 0 Å².